The molecule has 124 valence electrons. The molecule has 0 aromatic rings. The average Bonchev–Trinajstić information content (AvgIpc) is 3.08. The Morgan fingerprint density at radius 1 is 0.909 bits per heavy atom. The van der Waals surface area contributed by atoms with E-state index in [9.17, 15) is 0 Å². The normalized spacial score (nSPS) is 66.0. The first-order chi connectivity index (χ1) is 10.4. The fraction of sp³-hybridized carbons (Fsp3) is 1.00. The molecule has 0 N–H and O–H groups in total. The van der Waals surface area contributed by atoms with Gasteiger partial charge in [-0.2, -0.15) is 0 Å². The first-order valence-corrected chi connectivity index (χ1v) is 10.1. The van der Waals surface area contributed by atoms with E-state index in [1.54, 1.807) is 0 Å². The predicted molar refractivity (Wildman–Crippen MR) is 89.6 cm³/mol. The first-order valence-electron chi connectivity index (χ1n) is 10.1. The van der Waals surface area contributed by atoms with E-state index >= 15 is 0 Å². The highest BCUT2D eigenvalue weighted by atomic mass is 16.6. The van der Waals surface area contributed by atoms with Crippen LogP contribution in [0.4, 0.5) is 0 Å². The van der Waals surface area contributed by atoms with Gasteiger partial charge in [0.1, 0.15) is 5.60 Å². The molecule has 1 heteroatoms. The smallest absolute Gasteiger partial charge is 0.101 e. The lowest BCUT2D eigenvalue weighted by Gasteiger charge is -2.59. The summed E-state index contributed by atoms with van der Waals surface area (Å²) in [5.41, 5.74) is 1.46. The highest BCUT2D eigenvalue weighted by Crippen LogP contribution is 2.74. The van der Waals surface area contributed by atoms with Gasteiger partial charge in [0.25, 0.3) is 0 Å². The molecule has 0 radical (unpaired) electrons. The van der Waals surface area contributed by atoms with Crippen molar-refractivity contribution in [1.29, 1.82) is 0 Å². The molecule has 0 amide bonds. The minimum Gasteiger partial charge on any atom is -0.365 e. The second-order valence-electron chi connectivity index (χ2n) is 10.4. The van der Waals surface area contributed by atoms with Crippen molar-refractivity contribution >= 4 is 0 Å². The van der Waals surface area contributed by atoms with Gasteiger partial charge in [0.05, 0.1) is 6.10 Å². The maximum absolute atomic E-state index is 6.54. The summed E-state index contributed by atoms with van der Waals surface area (Å²) < 4.78 is 6.54. The number of ether oxygens (including phenoxy) is 1. The molecule has 4 aliphatic carbocycles. The minimum absolute atomic E-state index is 0.309. The number of hydrogen-bond donors (Lipinski definition) is 0. The van der Waals surface area contributed by atoms with E-state index in [2.05, 4.69) is 27.7 Å². The van der Waals surface area contributed by atoms with Gasteiger partial charge in [-0.05, 0) is 86.4 Å². The minimum atomic E-state index is 0.309. The van der Waals surface area contributed by atoms with Crippen LogP contribution in [-0.2, 0) is 4.74 Å². The number of hydrogen-bond acceptors (Lipinski definition) is 1. The molecule has 1 spiro atoms. The molecular formula is C21H34O. The second kappa shape index (κ2) is 4.13. The zero-order chi connectivity index (χ0) is 15.3. The highest BCUT2D eigenvalue weighted by Gasteiger charge is 2.75. The number of epoxide rings is 1. The molecule has 1 heterocycles. The van der Waals surface area contributed by atoms with Gasteiger partial charge in [0, 0.05) is 5.41 Å². The molecule has 1 saturated heterocycles. The predicted octanol–water partition coefficient (Wildman–Crippen LogP) is 5.43. The molecule has 22 heavy (non-hydrogen) atoms. The van der Waals surface area contributed by atoms with Gasteiger partial charge in [-0.15, -0.1) is 0 Å². The summed E-state index contributed by atoms with van der Waals surface area (Å²) in [5, 5.41) is 0. The monoisotopic (exact) mass is 302 g/mol. The first kappa shape index (κ1) is 14.3. The molecule has 0 aromatic carbocycles. The Morgan fingerprint density at radius 3 is 2.55 bits per heavy atom. The van der Waals surface area contributed by atoms with Gasteiger partial charge in [-0.25, -0.2) is 0 Å². The van der Waals surface area contributed by atoms with Gasteiger partial charge in [-0.1, -0.05) is 27.7 Å². The Balaban J connectivity index is 1.51. The summed E-state index contributed by atoms with van der Waals surface area (Å²) in [6, 6.07) is 0. The third-order valence-electron chi connectivity index (χ3n) is 9.81. The van der Waals surface area contributed by atoms with Gasteiger partial charge < -0.3 is 4.74 Å². The third kappa shape index (κ3) is 1.47. The van der Waals surface area contributed by atoms with Gasteiger partial charge in [0.2, 0.25) is 0 Å². The molecular weight excluding hydrogens is 268 g/mol. The van der Waals surface area contributed by atoms with Crippen LogP contribution in [0.15, 0.2) is 0 Å². The molecule has 5 aliphatic rings. The lowest BCUT2D eigenvalue weighted by molar-refractivity contribution is -0.101. The highest BCUT2D eigenvalue weighted by molar-refractivity contribution is 5.23. The van der Waals surface area contributed by atoms with E-state index in [4.69, 9.17) is 4.74 Å². The zero-order valence-corrected chi connectivity index (χ0v) is 15.0. The molecule has 1 nitrogen and oxygen atoms in total. The van der Waals surface area contributed by atoms with Crippen molar-refractivity contribution < 1.29 is 4.74 Å². The molecule has 3 unspecified atom stereocenters. The van der Waals surface area contributed by atoms with E-state index in [1.165, 1.54) is 51.4 Å². The number of fused-ring (bicyclic) bond motifs is 4. The molecule has 4 saturated carbocycles. The Kier molecular flexibility index (Phi) is 2.69. The number of rotatable bonds is 0. The maximum atomic E-state index is 6.54. The van der Waals surface area contributed by atoms with Crippen molar-refractivity contribution in [2.24, 2.45) is 40.4 Å². The van der Waals surface area contributed by atoms with E-state index in [0.717, 1.165) is 29.6 Å². The summed E-state index contributed by atoms with van der Waals surface area (Å²) in [7, 11) is 0. The Labute approximate surface area is 136 Å². The largest absolute Gasteiger partial charge is 0.365 e. The van der Waals surface area contributed by atoms with Gasteiger partial charge in [-0.3, -0.25) is 0 Å². The van der Waals surface area contributed by atoms with Crippen LogP contribution in [0, 0.1) is 40.4 Å². The summed E-state index contributed by atoms with van der Waals surface area (Å²) in [5.74, 6) is 4.77. The zero-order valence-electron chi connectivity index (χ0n) is 15.0. The summed E-state index contributed by atoms with van der Waals surface area (Å²) in [6.07, 6.45) is 12.2. The Morgan fingerprint density at radius 2 is 1.73 bits per heavy atom. The Bertz CT molecular complexity index is 500. The molecule has 1 aliphatic heterocycles. The summed E-state index contributed by atoms with van der Waals surface area (Å²) in [6.45, 7) is 10.3. The standard InChI is InChI=1S/C21H34O/c1-13-7-10-20(4)17-8-9-19(3)14(2)5-6-16(19)15(17)11-18-21(20,12-13)22-18/h13-18H,5-12H2,1-4H3/t13-,14-,15?,16?,17?,18+,19+,20+,21+/m0/s1. The topological polar surface area (TPSA) is 12.5 Å². The van der Waals surface area contributed by atoms with E-state index in [1.807, 2.05) is 0 Å². The van der Waals surface area contributed by atoms with Crippen LogP contribution in [0.3, 0.4) is 0 Å². The van der Waals surface area contributed by atoms with Crippen LogP contribution < -0.4 is 0 Å². The summed E-state index contributed by atoms with van der Waals surface area (Å²) >= 11 is 0. The molecule has 9 atom stereocenters. The maximum Gasteiger partial charge on any atom is 0.101 e. The molecule has 5 rings (SSSR count). The van der Waals surface area contributed by atoms with E-state index in [-0.39, 0.29) is 0 Å². The molecule has 0 aromatic heterocycles. The van der Waals surface area contributed by atoms with E-state index < -0.39 is 0 Å². The van der Waals surface area contributed by atoms with Crippen molar-refractivity contribution in [1.82, 2.24) is 0 Å². The second-order valence-corrected chi connectivity index (χ2v) is 10.4. The van der Waals surface area contributed by atoms with Crippen molar-refractivity contribution in [3.8, 4) is 0 Å². The van der Waals surface area contributed by atoms with Crippen LogP contribution in [0.5, 0.6) is 0 Å². The van der Waals surface area contributed by atoms with Crippen LogP contribution in [-0.4, -0.2) is 11.7 Å². The average molecular weight is 303 g/mol. The Hall–Kier alpha value is -0.0400. The van der Waals surface area contributed by atoms with Crippen LogP contribution in [0.2, 0.25) is 0 Å². The van der Waals surface area contributed by atoms with Crippen LogP contribution in [0.25, 0.3) is 0 Å². The lowest BCUT2D eigenvalue weighted by Crippen LogP contribution is -2.57. The summed E-state index contributed by atoms with van der Waals surface area (Å²) in [4.78, 5) is 0. The van der Waals surface area contributed by atoms with Crippen molar-refractivity contribution in [2.45, 2.75) is 90.8 Å². The van der Waals surface area contributed by atoms with Crippen LogP contribution >= 0.6 is 0 Å². The van der Waals surface area contributed by atoms with Crippen LogP contribution in [0.1, 0.15) is 79.1 Å². The fourth-order valence-corrected chi connectivity index (χ4v) is 8.17. The molecule has 5 fully saturated rings. The fourth-order valence-electron chi connectivity index (χ4n) is 8.17. The lowest BCUT2D eigenvalue weighted by atomic mass is 9.44. The van der Waals surface area contributed by atoms with Gasteiger partial charge in [0.15, 0.2) is 0 Å². The van der Waals surface area contributed by atoms with Crippen molar-refractivity contribution in [3.63, 3.8) is 0 Å². The molecule has 0 bridgehead atoms. The van der Waals surface area contributed by atoms with Crippen molar-refractivity contribution in [2.75, 3.05) is 0 Å². The van der Waals surface area contributed by atoms with Gasteiger partial charge >= 0.3 is 0 Å². The quantitative estimate of drug-likeness (QED) is 0.543. The third-order valence-corrected chi connectivity index (χ3v) is 9.81. The van der Waals surface area contributed by atoms with Crippen molar-refractivity contribution in [3.05, 3.63) is 0 Å². The SMILES string of the molecule is C[C@H]1CC[C@]2(C)C3CC[C@@]4(C)C(CC[C@@H]4C)C3C[C@H]3O[C@]32C1. The van der Waals surface area contributed by atoms with E-state index in [0.29, 0.717) is 22.5 Å².